The molecule has 0 atom stereocenters. The van der Waals surface area contributed by atoms with Crippen LogP contribution >= 0.6 is 0 Å². The molecule has 0 spiro atoms. The van der Waals surface area contributed by atoms with Gasteiger partial charge in [-0.15, -0.1) is 0 Å². The number of hydrogen-bond acceptors (Lipinski definition) is 6. The highest BCUT2D eigenvalue weighted by molar-refractivity contribution is 7.89. The molecule has 0 aliphatic carbocycles. The number of likely N-dealkylation sites (N-methyl/N-ethyl adjacent to an activating group) is 1. The van der Waals surface area contributed by atoms with Gasteiger partial charge in [-0.3, -0.25) is 9.59 Å². The van der Waals surface area contributed by atoms with Crippen LogP contribution in [-0.2, 0) is 30.9 Å². The molecule has 9 heteroatoms. The number of sulfonamides is 1. The van der Waals surface area contributed by atoms with Gasteiger partial charge in [0.05, 0.1) is 11.5 Å². The maximum Gasteiger partial charge on any atom is 0.321 e. The summed E-state index contributed by atoms with van der Waals surface area (Å²) in [4.78, 5) is 25.3. The Kier molecular flexibility index (Phi) is 8.17. The lowest BCUT2D eigenvalue weighted by molar-refractivity contribution is -0.150. The molecule has 0 saturated carbocycles. The summed E-state index contributed by atoms with van der Waals surface area (Å²) in [5.41, 5.74) is 0.942. The number of benzene rings is 2. The second-order valence-electron chi connectivity index (χ2n) is 6.13. The Bertz CT molecular complexity index is 914. The van der Waals surface area contributed by atoms with Crippen molar-refractivity contribution < 1.29 is 27.5 Å². The quantitative estimate of drug-likeness (QED) is 0.586. The van der Waals surface area contributed by atoms with Crippen molar-refractivity contribution in [3.8, 4) is 5.75 Å². The van der Waals surface area contributed by atoms with E-state index >= 15 is 0 Å². The summed E-state index contributed by atoms with van der Waals surface area (Å²) in [6.45, 7) is 1.62. The molecule has 1 amide bonds. The minimum absolute atomic E-state index is 0.00701. The standard InChI is InChI=1S/C20H24N2O6S/c1-3-27-17-9-11-18(12-10-17)29(25,26)21-13-20(24)28-15-19(23)22(2)14-16-7-5-4-6-8-16/h4-12,21H,3,13-15H2,1-2H3. The van der Waals surface area contributed by atoms with Crippen molar-refractivity contribution in [3.05, 3.63) is 60.2 Å². The topological polar surface area (TPSA) is 102 Å². The highest BCUT2D eigenvalue weighted by Crippen LogP contribution is 2.15. The van der Waals surface area contributed by atoms with Crippen molar-refractivity contribution >= 4 is 21.9 Å². The summed E-state index contributed by atoms with van der Waals surface area (Å²) >= 11 is 0. The number of nitrogens with zero attached hydrogens (tertiary/aromatic N) is 1. The molecular formula is C20H24N2O6S. The first kappa shape index (κ1) is 22.4. The minimum Gasteiger partial charge on any atom is -0.494 e. The van der Waals surface area contributed by atoms with Gasteiger partial charge >= 0.3 is 5.97 Å². The van der Waals surface area contributed by atoms with Crippen LogP contribution < -0.4 is 9.46 Å². The zero-order valence-corrected chi connectivity index (χ0v) is 17.1. The third-order valence-electron chi connectivity index (χ3n) is 3.90. The van der Waals surface area contributed by atoms with Gasteiger partial charge < -0.3 is 14.4 Å². The Hall–Kier alpha value is -2.91. The summed E-state index contributed by atoms with van der Waals surface area (Å²) in [6.07, 6.45) is 0. The summed E-state index contributed by atoms with van der Waals surface area (Å²) < 4.78 is 36.7. The first-order valence-electron chi connectivity index (χ1n) is 8.98. The Morgan fingerprint density at radius 1 is 1.03 bits per heavy atom. The molecule has 2 aromatic rings. The predicted octanol–water partition coefficient (Wildman–Crippen LogP) is 1.57. The minimum atomic E-state index is -3.88. The van der Waals surface area contributed by atoms with Crippen LogP contribution in [-0.4, -0.2) is 52.0 Å². The number of hydrogen-bond donors (Lipinski definition) is 1. The molecule has 0 aliphatic rings. The van der Waals surface area contributed by atoms with Crippen molar-refractivity contribution in [1.29, 1.82) is 0 Å². The lowest BCUT2D eigenvalue weighted by Crippen LogP contribution is -2.34. The van der Waals surface area contributed by atoms with E-state index in [1.165, 1.54) is 29.2 Å². The zero-order chi connectivity index (χ0) is 21.3. The van der Waals surface area contributed by atoms with Crippen LogP contribution in [0.4, 0.5) is 0 Å². The van der Waals surface area contributed by atoms with Gasteiger partial charge in [-0.1, -0.05) is 30.3 Å². The van der Waals surface area contributed by atoms with E-state index in [2.05, 4.69) is 4.72 Å². The van der Waals surface area contributed by atoms with Gasteiger partial charge in [-0.25, -0.2) is 8.42 Å². The van der Waals surface area contributed by atoms with Gasteiger partial charge in [0.2, 0.25) is 10.0 Å². The zero-order valence-electron chi connectivity index (χ0n) is 16.3. The van der Waals surface area contributed by atoms with E-state index in [0.29, 0.717) is 18.9 Å². The van der Waals surface area contributed by atoms with E-state index in [9.17, 15) is 18.0 Å². The van der Waals surface area contributed by atoms with Crippen LogP contribution in [0.15, 0.2) is 59.5 Å². The summed E-state index contributed by atoms with van der Waals surface area (Å²) in [6, 6.07) is 15.2. The third kappa shape index (κ3) is 7.20. The first-order valence-corrected chi connectivity index (χ1v) is 10.5. The van der Waals surface area contributed by atoms with Gasteiger partial charge in [0.25, 0.3) is 5.91 Å². The molecule has 29 heavy (non-hydrogen) atoms. The average molecular weight is 420 g/mol. The van der Waals surface area contributed by atoms with Crippen LogP contribution in [0.5, 0.6) is 5.75 Å². The number of ether oxygens (including phenoxy) is 2. The molecule has 0 saturated heterocycles. The maximum absolute atomic E-state index is 12.2. The van der Waals surface area contributed by atoms with Gasteiger partial charge in [0.15, 0.2) is 6.61 Å². The van der Waals surface area contributed by atoms with Crippen molar-refractivity contribution in [2.75, 3.05) is 26.8 Å². The molecule has 2 aromatic carbocycles. The fourth-order valence-corrected chi connectivity index (χ4v) is 3.34. The molecule has 0 fully saturated rings. The lowest BCUT2D eigenvalue weighted by Gasteiger charge is -2.17. The van der Waals surface area contributed by atoms with Gasteiger partial charge in [0, 0.05) is 13.6 Å². The number of esters is 1. The molecule has 0 aliphatic heterocycles. The summed E-state index contributed by atoms with van der Waals surface area (Å²) in [7, 11) is -2.29. The second kappa shape index (κ2) is 10.6. The molecule has 2 rings (SSSR count). The maximum atomic E-state index is 12.2. The van der Waals surface area contributed by atoms with E-state index in [-0.39, 0.29) is 4.90 Å². The molecule has 1 N–H and O–H groups in total. The molecule has 0 heterocycles. The highest BCUT2D eigenvalue weighted by atomic mass is 32.2. The van der Waals surface area contributed by atoms with Crippen LogP contribution in [0.2, 0.25) is 0 Å². The fraction of sp³-hybridized carbons (Fsp3) is 0.300. The highest BCUT2D eigenvalue weighted by Gasteiger charge is 2.17. The monoisotopic (exact) mass is 420 g/mol. The van der Waals surface area contributed by atoms with Crippen LogP contribution in [0.1, 0.15) is 12.5 Å². The predicted molar refractivity (Wildman–Crippen MR) is 107 cm³/mol. The second-order valence-corrected chi connectivity index (χ2v) is 7.89. The number of rotatable bonds is 10. The van der Waals surface area contributed by atoms with E-state index in [1.54, 1.807) is 7.05 Å². The number of nitrogens with one attached hydrogen (secondary N) is 1. The number of carbonyl (C=O) groups excluding carboxylic acids is 2. The van der Waals surface area contributed by atoms with Gasteiger partial charge in [-0.05, 0) is 36.8 Å². The van der Waals surface area contributed by atoms with E-state index in [1.807, 2.05) is 37.3 Å². The third-order valence-corrected chi connectivity index (χ3v) is 5.31. The van der Waals surface area contributed by atoms with Crippen LogP contribution in [0.25, 0.3) is 0 Å². The smallest absolute Gasteiger partial charge is 0.321 e. The summed E-state index contributed by atoms with van der Waals surface area (Å²) in [5.74, 6) is -0.693. The summed E-state index contributed by atoms with van der Waals surface area (Å²) in [5, 5.41) is 0. The van der Waals surface area contributed by atoms with Gasteiger partial charge in [-0.2, -0.15) is 4.72 Å². The largest absolute Gasteiger partial charge is 0.494 e. The average Bonchev–Trinajstić information content (AvgIpc) is 2.72. The Balaban J connectivity index is 1.78. The first-order chi connectivity index (χ1) is 13.8. The fourth-order valence-electron chi connectivity index (χ4n) is 2.37. The number of amides is 1. The molecular weight excluding hydrogens is 396 g/mol. The van der Waals surface area contributed by atoms with Crippen molar-refractivity contribution in [3.63, 3.8) is 0 Å². The Morgan fingerprint density at radius 3 is 2.31 bits per heavy atom. The van der Waals surface area contributed by atoms with Crippen molar-refractivity contribution in [1.82, 2.24) is 9.62 Å². The normalized spacial score (nSPS) is 11.0. The van der Waals surface area contributed by atoms with Crippen LogP contribution in [0.3, 0.4) is 0 Å². The molecule has 8 nitrogen and oxygen atoms in total. The molecule has 0 bridgehead atoms. The SMILES string of the molecule is CCOc1ccc(S(=O)(=O)NCC(=O)OCC(=O)N(C)Cc2ccccc2)cc1. The van der Waals surface area contributed by atoms with Crippen molar-refractivity contribution in [2.45, 2.75) is 18.4 Å². The van der Waals surface area contributed by atoms with Crippen molar-refractivity contribution in [2.24, 2.45) is 0 Å². The van der Waals surface area contributed by atoms with Gasteiger partial charge in [0.1, 0.15) is 12.3 Å². The van der Waals surface area contributed by atoms with E-state index in [4.69, 9.17) is 9.47 Å². The molecule has 0 aromatic heterocycles. The Morgan fingerprint density at radius 2 is 1.69 bits per heavy atom. The molecule has 0 radical (unpaired) electrons. The lowest BCUT2D eigenvalue weighted by atomic mass is 10.2. The van der Waals surface area contributed by atoms with E-state index in [0.717, 1.165) is 5.56 Å². The Labute approximate surface area is 170 Å². The molecule has 156 valence electrons. The number of carbonyl (C=O) groups is 2. The van der Waals surface area contributed by atoms with E-state index < -0.39 is 35.1 Å². The van der Waals surface area contributed by atoms with Crippen LogP contribution in [0, 0.1) is 0 Å². The molecule has 0 unspecified atom stereocenters.